The Morgan fingerprint density at radius 2 is 0.925 bits per heavy atom. The maximum absolute atomic E-state index is 2.71. The van der Waals surface area contributed by atoms with Gasteiger partial charge in [-0.3, -0.25) is 0 Å². The Balaban J connectivity index is 1.18. The molecule has 0 bridgehead atoms. The van der Waals surface area contributed by atoms with Gasteiger partial charge in [0.05, 0.1) is 5.54 Å². The number of hydrogen-bond donors (Lipinski definition) is 0. The van der Waals surface area contributed by atoms with Crippen molar-refractivity contribution in [2.45, 2.75) is 57.4 Å². The Labute approximate surface area is 315 Å². The van der Waals surface area contributed by atoms with Gasteiger partial charge in [-0.15, -0.1) is 0 Å². The van der Waals surface area contributed by atoms with Crippen LogP contribution in [0.5, 0.6) is 0 Å². The summed E-state index contributed by atoms with van der Waals surface area (Å²) in [7, 11) is 0. The van der Waals surface area contributed by atoms with E-state index in [-0.39, 0.29) is 11.0 Å². The van der Waals surface area contributed by atoms with Gasteiger partial charge in [-0.05, 0) is 126 Å². The molecule has 1 aliphatic heterocycles. The summed E-state index contributed by atoms with van der Waals surface area (Å²) in [6.45, 7) is 7.31. The molecule has 1 fully saturated rings. The maximum Gasteiger partial charge on any atom is 0.0517 e. The van der Waals surface area contributed by atoms with Crippen molar-refractivity contribution in [3.63, 3.8) is 0 Å². The highest BCUT2D eigenvalue weighted by Gasteiger charge is 2.57. The van der Waals surface area contributed by atoms with E-state index >= 15 is 0 Å². The molecule has 9 rings (SSSR count). The standard InChI is InChI=1S/C51H46N2/c1-37-33-46(36-47(34-37)53-49-30-25-43(40-19-11-6-12-20-40)35-48(49)50(2)31-13-14-32-51(50,53)3)52(44-26-21-41(22-27-44)38-15-7-4-8-16-38)45-28-23-42(24-29-45)39-17-9-5-10-18-39/h4-12,15-30,33-36H,13-14,31-32H2,1-3H3. The third-order valence-electron chi connectivity index (χ3n) is 12.2. The van der Waals surface area contributed by atoms with Gasteiger partial charge >= 0.3 is 0 Å². The van der Waals surface area contributed by atoms with E-state index in [0.717, 1.165) is 23.5 Å². The molecule has 0 N–H and O–H groups in total. The fraction of sp³-hybridized carbons (Fsp3) is 0.176. The molecule has 260 valence electrons. The maximum atomic E-state index is 2.71. The number of benzene rings is 7. The minimum atomic E-state index is -0.0482. The Kier molecular flexibility index (Phi) is 8.27. The van der Waals surface area contributed by atoms with Crippen molar-refractivity contribution in [3.05, 3.63) is 187 Å². The fourth-order valence-corrected chi connectivity index (χ4v) is 9.26. The fourth-order valence-electron chi connectivity index (χ4n) is 9.26. The number of rotatable bonds is 7. The molecule has 0 radical (unpaired) electrons. The van der Waals surface area contributed by atoms with Crippen molar-refractivity contribution in [2.75, 3.05) is 9.80 Å². The predicted molar refractivity (Wildman–Crippen MR) is 225 cm³/mol. The third-order valence-corrected chi connectivity index (χ3v) is 12.2. The molecule has 1 saturated carbocycles. The highest BCUT2D eigenvalue weighted by Crippen LogP contribution is 2.61. The lowest BCUT2D eigenvalue weighted by Gasteiger charge is -2.50. The lowest BCUT2D eigenvalue weighted by atomic mass is 9.61. The lowest BCUT2D eigenvalue weighted by molar-refractivity contribution is 0.195. The molecular weight excluding hydrogens is 641 g/mol. The number of anilines is 5. The Morgan fingerprint density at radius 1 is 0.453 bits per heavy atom. The predicted octanol–water partition coefficient (Wildman–Crippen LogP) is 14.2. The molecule has 0 amide bonds. The van der Waals surface area contributed by atoms with Crippen LogP contribution in [0, 0.1) is 6.92 Å². The van der Waals surface area contributed by atoms with Gasteiger partial charge in [0, 0.05) is 33.9 Å². The SMILES string of the molecule is Cc1cc(N(c2ccc(-c3ccccc3)cc2)c2ccc(-c3ccccc3)cc2)cc(N2c3ccc(-c4ccccc4)cc3C3(C)CCCCC23C)c1. The van der Waals surface area contributed by atoms with Gasteiger partial charge in [0.25, 0.3) is 0 Å². The first-order valence-electron chi connectivity index (χ1n) is 19.1. The zero-order valence-corrected chi connectivity index (χ0v) is 31.0. The minimum Gasteiger partial charge on any atom is -0.334 e. The van der Waals surface area contributed by atoms with Gasteiger partial charge in [0.2, 0.25) is 0 Å². The highest BCUT2D eigenvalue weighted by atomic mass is 15.3. The van der Waals surface area contributed by atoms with Gasteiger partial charge in [0.1, 0.15) is 0 Å². The molecule has 1 heterocycles. The van der Waals surface area contributed by atoms with Crippen molar-refractivity contribution in [1.82, 2.24) is 0 Å². The summed E-state index contributed by atoms with van der Waals surface area (Å²) in [4.78, 5) is 5.14. The molecular formula is C51H46N2. The molecule has 0 aromatic heterocycles. The van der Waals surface area contributed by atoms with Crippen LogP contribution in [-0.4, -0.2) is 5.54 Å². The van der Waals surface area contributed by atoms with Crippen molar-refractivity contribution in [1.29, 1.82) is 0 Å². The number of fused-ring (bicyclic) bond motifs is 3. The van der Waals surface area contributed by atoms with Gasteiger partial charge in [-0.1, -0.05) is 141 Å². The molecule has 0 spiro atoms. The highest BCUT2D eigenvalue weighted by molar-refractivity contribution is 5.85. The molecule has 53 heavy (non-hydrogen) atoms. The second-order valence-electron chi connectivity index (χ2n) is 15.4. The number of aryl methyl sites for hydroxylation is 1. The van der Waals surface area contributed by atoms with Crippen LogP contribution in [0.2, 0.25) is 0 Å². The second-order valence-corrected chi connectivity index (χ2v) is 15.4. The van der Waals surface area contributed by atoms with Crippen molar-refractivity contribution >= 4 is 28.4 Å². The van der Waals surface area contributed by atoms with Crippen LogP contribution in [0.25, 0.3) is 33.4 Å². The van der Waals surface area contributed by atoms with Crippen LogP contribution < -0.4 is 9.80 Å². The molecule has 2 unspecified atom stereocenters. The molecule has 0 saturated heterocycles. The Morgan fingerprint density at radius 3 is 1.47 bits per heavy atom. The normalized spacial score (nSPS) is 19.0. The first-order chi connectivity index (χ1) is 25.9. The van der Waals surface area contributed by atoms with E-state index in [4.69, 9.17) is 0 Å². The average molecular weight is 687 g/mol. The minimum absolute atomic E-state index is 0.0372. The number of hydrogen-bond acceptors (Lipinski definition) is 2. The zero-order chi connectivity index (χ0) is 36.0. The summed E-state index contributed by atoms with van der Waals surface area (Å²) in [5.41, 5.74) is 16.2. The molecule has 7 aromatic rings. The van der Waals surface area contributed by atoms with E-state index in [2.05, 4.69) is 206 Å². The molecule has 1 aliphatic carbocycles. The number of nitrogens with zero attached hydrogens (tertiary/aromatic N) is 2. The Hall–Kier alpha value is -5.86. The van der Waals surface area contributed by atoms with E-state index < -0.39 is 0 Å². The molecule has 2 atom stereocenters. The molecule has 2 aliphatic rings. The third kappa shape index (κ3) is 5.74. The van der Waals surface area contributed by atoms with Gasteiger partial charge < -0.3 is 9.80 Å². The van der Waals surface area contributed by atoms with Crippen molar-refractivity contribution in [2.24, 2.45) is 0 Å². The Bertz CT molecular complexity index is 2280. The van der Waals surface area contributed by atoms with E-state index in [1.54, 1.807) is 0 Å². The van der Waals surface area contributed by atoms with Gasteiger partial charge in [-0.2, -0.15) is 0 Å². The quantitative estimate of drug-likeness (QED) is 0.165. The van der Waals surface area contributed by atoms with Crippen LogP contribution in [-0.2, 0) is 5.41 Å². The summed E-state index contributed by atoms with van der Waals surface area (Å²) >= 11 is 0. The van der Waals surface area contributed by atoms with Crippen LogP contribution in [0.3, 0.4) is 0 Å². The lowest BCUT2D eigenvalue weighted by Crippen LogP contribution is -2.54. The van der Waals surface area contributed by atoms with Crippen molar-refractivity contribution in [3.8, 4) is 33.4 Å². The largest absolute Gasteiger partial charge is 0.334 e. The summed E-state index contributed by atoms with van der Waals surface area (Å²) in [5.74, 6) is 0. The van der Waals surface area contributed by atoms with Crippen LogP contribution >= 0.6 is 0 Å². The summed E-state index contributed by atoms with van der Waals surface area (Å²) in [6, 6.07) is 64.6. The van der Waals surface area contributed by atoms with Gasteiger partial charge in [0.15, 0.2) is 0 Å². The molecule has 2 heteroatoms. The zero-order valence-electron chi connectivity index (χ0n) is 31.0. The first-order valence-corrected chi connectivity index (χ1v) is 19.1. The molecule has 2 nitrogen and oxygen atoms in total. The van der Waals surface area contributed by atoms with Crippen LogP contribution in [0.4, 0.5) is 28.4 Å². The van der Waals surface area contributed by atoms with Gasteiger partial charge in [-0.25, -0.2) is 0 Å². The first kappa shape index (κ1) is 33.0. The van der Waals surface area contributed by atoms with E-state index in [1.807, 2.05) is 0 Å². The second kappa shape index (κ2) is 13.3. The summed E-state index contributed by atoms with van der Waals surface area (Å²) in [5, 5.41) is 0. The van der Waals surface area contributed by atoms with E-state index in [1.165, 1.54) is 75.1 Å². The van der Waals surface area contributed by atoms with Crippen LogP contribution in [0.15, 0.2) is 176 Å². The molecule has 7 aromatic carbocycles. The smallest absolute Gasteiger partial charge is 0.0517 e. The van der Waals surface area contributed by atoms with E-state index in [9.17, 15) is 0 Å². The average Bonchev–Trinajstić information content (AvgIpc) is 3.42. The van der Waals surface area contributed by atoms with Crippen molar-refractivity contribution < 1.29 is 0 Å². The summed E-state index contributed by atoms with van der Waals surface area (Å²) in [6.07, 6.45) is 4.86. The monoisotopic (exact) mass is 686 g/mol. The summed E-state index contributed by atoms with van der Waals surface area (Å²) < 4.78 is 0. The topological polar surface area (TPSA) is 6.48 Å². The van der Waals surface area contributed by atoms with E-state index in [0.29, 0.717) is 0 Å². The van der Waals surface area contributed by atoms with Crippen LogP contribution in [0.1, 0.15) is 50.7 Å².